The van der Waals surface area contributed by atoms with Gasteiger partial charge in [-0.05, 0) is 64.0 Å². The topological polar surface area (TPSA) is 65.5 Å². The van der Waals surface area contributed by atoms with Crippen molar-refractivity contribution in [2.45, 2.75) is 58.4 Å². The number of hydrogen-bond donors (Lipinski definition) is 1. The number of hydrogen-bond acceptors (Lipinski definition) is 4. The molecule has 6 heteroatoms. The van der Waals surface area contributed by atoms with E-state index in [0.717, 1.165) is 44.5 Å². The number of aryl methyl sites for hydroxylation is 3. The minimum absolute atomic E-state index is 0.00327. The Bertz CT molecular complexity index is 668. The number of pyridine rings is 1. The van der Waals surface area contributed by atoms with Crippen LogP contribution in [0.1, 0.15) is 50.1 Å². The Morgan fingerprint density at radius 1 is 1.15 bits per heavy atom. The van der Waals surface area contributed by atoms with Gasteiger partial charge in [0.15, 0.2) is 0 Å². The van der Waals surface area contributed by atoms with Crippen LogP contribution in [0.4, 0.5) is 4.79 Å². The minimum atomic E-state index is -0.0562. The summed E-state index contributed by atoms with van der Waals surface area (Å²) in [6, 6.07) is 4.32. The molecule has 148 valence electrons. The van der Waals surface area contributed by atoms with Gasteiger partial charge in [0.2, 0.25) is 0 Å². The Labute approximate surface area is 162 Å². The number of piperazine rings is 1. The van der Waals surface area contributed by atoms with Gasteiger partial charge in [-0.2, -0.15) is 0 Å². The van der Waals surface area contributed by atoms with Crippen molar-refractivity contribution < 1.29 is 9.59 Å². The van der Waals surface area contributed by atoms with Gasteiger partial charge in [-0.25, -0.2) is 4.79 Å². The van der Waals surface area contributed by atoms with Crippen molar-refractivity contribution in [2.75, 3.05) is 32.7 Å². The van der Waals surface area contributed by atoms with E-state index in [0.29, 0.717) is 19.6 Å². The third-order valence-corrected chi connectivity index (χ3v) is 5.86. The van der Waals surface area contributed by atoms with E-state index in [1.165, 1.54) is 24.1 Å². The van der Waals surface area contributed by atoms with Crippen LogP contribution < -0.4 is 5.32 Å². The molecule has 1 saturated heterocycles. The monoisotopic (exact) mass is 372 g/mol. The second-order valence-corrected chi connectivity index (χ2v) is 7.76. The number of nitrogens with zero attached hydrogens (tertiary/aromatic N) is 3. The highest BCUT2D eigenvalue weighted by Crippen LogP contribution is 2.19. The number of Topliss-reactive ketones (excluding diaryl/α,β-unsaturated/α-hetero) is 1. The molecular formula is C21H32N4O2. The first kappa shape index (κ1) is 19.8. The van der Waals surface area contributed by atoms with Crippen molar-refractivity contribution >= 4 is 11.8 Å². The standard InChI is InChI=1S/C21H32N4O2/c1-16(17(2)26)24-12-14-25(15-13-24)21(27)22-11-5-7-19-10-9-18-6-3-4-8-20(18)23-19/h9-10,16H,3-8,11-15H2,1-2H3,(H,22,27)/t16-/m1/s1. The lowest BCUT2D eigenvalue weighted by molar-refractivity contribution is -0.122. The summed E-state index contributed by atoms with van der Waals surface area (Å²) in [5.41, 5.74) is 3.83. The first-order valence-electron chi connectivity index (χ1n) is 10.3. The summed E-state index contributed by atoms with van der Waals surface area (Å²) in [5, 5.41) is 3.03. The third kappa shape index (κ3) is 5.28. The zero-order valence-corrected chi connectivity index (χ0v) is 16.7. The smallest absolute Gasteiger partial charge is 0.317 e. The lowest BCUT2D eigenvalue weighted by Crippen LogP contribution is -2.54. The highest BCUT2D eigenvalue weighted by Gasteiger charge is 2.25. The van der Waals surface area contributed by atoms with Gasteiger partial charge in [-0.3, -0.25) is 14.7 Å². The Morgan fingerprint density at radius 2 is 1.89 bits per heavy atom. The first-order valence-corrected chi connectivity index (χ1v) is 10.3. The van der Waals surface area contributed by atoms with Gasteiger partial charge >= 0.3 is 6.03 Å². The number of carbonyl (C=O) groups is 2. The third-order valence-electron chi connectivity index (χ3n) is 5.86. The second kappa shape index (κ2) is 9.31. The fourth-order valence-electron chi connectivity index (χ4n) is 3.91. The van der Waals surface area contributed by atoms with Crippen LogP contribution in [0.2, 0.25) is 0 Å². The van der Waals surface area contributed by atoms with Gasteiger partial charge in [-0.15, -0.1) is 0 Å². The van der Waals surface area contributed by atoms with E-state index >= 15 is 0 Å². The number of amides is 2. The van der Waals surface area contributed by atoms with E-state index in [9.17, 15) is 9.59 Å². The van der Waals surface area contributed by atoms with Gasteiger partial charge in [-0.1, -0.05) is 6.07 Å². The maximum Gasteiger partial charge on any atom is 0.317 e. The minimum Gasteiger partial charge on any atom is -0.338 e. The van der Waals surface area contributed by atoms with Crippen molar-refractivity contribution in [3.63, 3.8) is 0 Å². The summed E-state index contributed by atoms with van der Waals surface area (Å²) >= 11 is 0. The molecule has 0 bridgehead atoms. The molecule has 0 aromatic carbocycles. The van der Waals surface area contributed by atoms with Crippen LogP contribution in [-0.2, 0) is 24.1 Å². The molecule has 6 nitrogen and oxygen atoms in total. The lowest BCUT2D eigenvalue weighted by Gasteiger charge is -2.37. The average molecular weight is 373 g/mol. The predicted octanol–water partition coefficient (Wildman–Crippen LogP) is 2.20. The second-order valence-electron chi connectivity index (χ2n) is 7.76. The van der Waals surface area contributed by atoms with E-state index in [1.807, 2.05) is 11.8 Å². The van der Waals surface area contributed by atoms with Crippen molar-refractivity contribution in [3.8, 4) is 0 Å². The van der Waals surface area contributed by atoms with E-state index in [4.69, 9.17) is 4.98 Å². The molecule has 1 aliphatic heterocycles. The van der Waals surface area contributed by atoms with Crippen LogP contribution in [0.25, 0.3) is 0 Å². The zero-order valence-electron chi connectivity index (χ0n) is 16.7. The highest BCUT2D eigenvalue weighted by molar-refractivity contribution is 5.81. The number of aromatic nitrogens is 1. The van der Waals surface area contributed by atoms with Crippen LogP contribution in [-0.4, -0.2) is 65.4 Å². The van der Waals surface area contributed by atoms with E-state index in [-0.39, 0.29) is 17.9 Å². The van der Waals surface area contributed by atoms with Crippen LogP contribution in [0.3, 0.4) is 0 Å². The number of nitrogens with one attached hydrogen (secondary N) is 1. The summed E-state index contributed by atoms with van der Waals surface area (Å²) in [6.07, 6.45) is 6.60. The molecule has 1 aliphatic carbocycles. The van der Waals surface area contributed by atoms with Crippen molar-refractivity contribution in [2.24, 2.45) is 0 Å². The molecule has 1 atom stereocenters. The molecule has 0 radical (unpaired) electrons. The summed E-state index contributed by atoms with van der Waals surface area (Å²) in [6.45, 7) is 7.10. The van der Waals surface area contributed by atoms with E-state index in [1.54, 1.807) is 6.92 Å². The Balaban J connectivity index is 1.36. The van der Waals surface area contributed by atoms with Crippen LogP contribution in [0.5, 0.6) is 0 Å². The molecular weight excluding hydrogens is 340 g/mol. The van der Waals surface area contributed by atoms with Gasteiger partial charge < -0.3 is 10.2 Å². The van der Waals surface area contributed by atoms with Gasteiger partial charge in [0, 0.05) is 44.1 Å². The fourth-order valence-corrected chi connectivity index (χ4v) is 3.91. The normalized spacial score (nSPS) is 18.7. The molecule has 1 fully saturated rings. The van der Waals surface area contributed by atoms with Crippen LogP contribution >= 0.6 is 0 Å². The van der Waals surface area contributed by atoms with Crippen LogP contribution in [0.15, 0.2) is 12.1 Å². The highest BCUT2D eigenvalue weighted by atomic mass is 16.2. The lowest BCUT2D eigenvalue weighted by atomic mass is 9.95. The van der Waals surface area contributed by atoms with Gasteiger partial charge in [0.1, 0.15) is 5.78 Å². The molecule has 0 spiro atoms. The molecule has 2 amide bonds. The van der Waals surface area contributed by atoms with Crippen molar-refractivity contribution in [1.29, 1.82) is 0 Å². The molecule has 0 unspecified atom stereocenters. The number of urea groups is 1. The largest absolute Gasteiger partial charge is 0.338 e. The fraction of sp³-hybridized carbons (Fsp3) is 0.667. The summed E-state index contributed by atoms with van der Waals surface area (Å²) in [4.78, 5) is 32.6. The zero-order chi connectivity index (χ0) is 19.2. The van der Waals surface area contributed by atoms with Crippen LogP contribution in [0, 0.1) is 0 Å². The SMILES string of the molecule is CC(=O)[C@@H](C)N1CCN(C(=O)NCCCc2ccc3c(n2)CCCC3)CC1. The Morgan fingerprint density at radius 3 is 2.63 bits per heavy atom. The summed E-state index contributed by atoms with van der Waals surface area (Å²) < 4.78 is 0. The summed E-state index contributed by atoms with van der Waals surface area (Å²) in [5.74, 6) is 0.184. The molecule has 3 rings (SSSR count). The Kier molecular flexibility index (Phi) is 6.83. The maximum atomic E-state index is 12.3. The first-order chi connectivity index (χ1) is 13.0. The number of ketones is 1. The molecule has 0 saturated carbocycles. The molecule has 1 aromatic rings. The van der Waals surface area contributed by atoms with Crippen molar-refractivity contribution in [1.82, 2.24) is 20.1 Å². The average Bonchev–Trinajstić information content (AvgIpc) is 2.70. The summed E-state index contributed by atoms with van der Waals surface area (Å²) in [7, 11) is 0. The van der Waals surface area contributed by atoms with Crippen molar-refractivity contribution in [3.05, 3.63) is 29.1 Å². The van der Waals surface area contributed by atoms with Gasteiger partial charge in [0.05, 0.1) is 6.04 Å². The van der Waals surface area contributed by atoms with E-state index in [2.05, 4.69) is 22.3 Å². The number of rotatable bonds is 6. The van der Waals surface area contributed by atoms with E-state index < -0.39 is 0 Å². The maximum absolute atomic E-state index is 12.3. The molecule has 27 heavy (non-hydrogen) atoms. The number of carbonyl (C=O) groups excluding carboxylic acids is 2. The molecule has 1 aromatic heterocycles. The molecule has 2 heterocycles. The quantitative estimate of drug-likeness (QED) is 0.778. The Hall–Kier alpha value is -1.95. The number of fused-ring (bicyclic) bond motifs is 1. The predicted molar refractivity (Wildman–Crippen MR) is 106 cm³/mol. The molecule has 1 N–H and O–H groups in total. The molecule has 2 aliphatic rings. The van der Waals surface area contributed by atoms with Gasteiger partial charge in [0.25, 0.3) is 0 Å².